The number of halogens is 1. The molecule has 1 aromatic rings. The maximum Gasteiger partial charge on any atom is 0.341 e. The lowest BCUT2D eigenvalue weighted by Crippen LogP contribution is -2.26. The van der Waals surface area contributed by atoms with Crippen molar-refractivity contribution in [1.82, 2.24) is 0 Å². The fourth-order valence-electron chi connectivity index (χ4n) is 2.06. The van der Waals surface area contributed by atoms with Crippen LogP contribution < -0.4 is 5.14 Å². The number of esters is 1. The fourth-order valence-corrected chi connectivity index (χ4v) is 2.68. The third-order valence-electron chi connectivity index (χ3n) is 3.22. The van der Waals surface area contributed by atoms with Gasteiger partial charge in [-0.3, -0.25) is 0 Å². The first-order valence-corrected chi connectivity index (χ1v) is 7.95. The SMILES string of the molecule is Cc1cc(S(N)(=O)=O)cc(C(=O)OC2CCOCC2)c1F. The largest absolute Gasteiger partial charge is 0.459 e. The van der Waals surface area contributed by atoms with Crippen molar-refractivity contribution in [2.75, 3.05) is 13.2 Å². The highest BCUT2D eigenvalue weighted by Gasteiger charge is 2.24. The van der Waals surface area contributed by atoms with Crippen molar-refractivity contribution in [3.63, 3.8) is 0 Å². The molecule has 0 spiro atoms. The number of hydrogen-bond acceptors (Lipinski definition) is 5. The Morgan fingerprint density at radius 3 is 2.57 bits per heavy atom. The van der Waals surface area contributed by atoms with Gasteiger partial charge in [-0.05, 0) is 24.6 Å². The molecule has 1 aliphatic heterocycles. The van der Waals surface area contributed by atoms with Gasteiger partial charge in [-0.2, -0.15) is 0 Å². The average Bonchev–Trinajstić information content (AvgIpc) is 2.41. The van der Waals surface area contributed by atoms with E-state index in [1.54, 1.807) is 0 Å². The van der Waals surface area contributed by atoms with E-state index in [1.165, 1.54) is 6.92 Å². The second-order valence-electron chi connectivity index (χ2n) is 4.86. The molecule has 21 heavy (non-hydrogen) atoms. The van der Waals surface area contributed by atoms with Gasteiger partial charge in [-0.1, -0.05) is 0 Å². The van der Waals surface area contributed by atoms with Gasteiger partial charge in [0.05, 0.1) is 23.7 Å². The number of ether oxygens (including phenoxy) is 2. The van der Waals surface area contributed by atoms with Gasteiger partial charge >= 0.3 is 5.97 Å². The smallest absolute Gasteiger partial charge is 0.341 e. The van der Waals surface area contributed by atoms with Gasteiger partial charge in [0.2, 0.25) is 10.0 Å². The third kappa shape index (κ3) is 3.78. The van der Waals surface area contributed by atoms with Crippen LogP contribution in [0.1, 0.15) is 28.8 Å². The van der Waals surface area contributed by atoms with E-state index in [2.05, 4.69) is 0 Å². The molecule has 2 N–H and O–H groups in total. The van der Waals surface area contributed by atoms with Crippen molar-refractivity contribution in [3.05, 3.63) is 29.1 Å². The topological polar surface area (TPSA) is 95.7 Å². The Morgan fingerprint density at radius 1 is 1.38 bits per heavy atom. The van der Waals surface area contributed by atoms with E-state index < -0.39 is 27.4 Å². The van der Waals surface area contributed by atoms with Crippen LogP contribution in [0, 0.1) is 12.7 Å². The van der Waals surface area contributed by atoms with Crippen LogP contribution >= 0.6 is 0 Å². The lowest BCUT2D eigenvalue weighted by atomic mass is 10.1. The maximum atomic E-state index is 14.0. The molecular formula is C13H16FNO5S. The summed E-state index contributed by atoms with van der Waals surface area (Å²) in [5.41, 5.74) is -0.411. The van der Waals surface area contributed by atoms with Gasteiger partial charge in [-0.15, -0.1) is 0 Å². The van der Waals surface area contributed by atoms with Gasteiger partial charge in [0.15, 0.2) is 0 Å². The zero-order chi connectivity index (χ0) is 15.6. The second kappa shape index (κ2) is 6.08. The zero-order valence-electron chi connectivity index (χ0n) is 11.5. The van der Waals surface area contributed by atoms with Crippen LogP contribution in [0.15, 0.2) is 17.0 Å². The molecule has 1 aromatic carbocycles. The summed E-state index contributed by atoms with van der Waals surface area (Å²) in [6, 6.07) is 1.98. The Hall–Kier alpha value is -1.51. The highest BCUT2D eigenvalue weighted by atomic mass is 32.2. The van der Waals surface area contributed by atoms with Crippen molar-refractivity contribution >= 4 is 16.0 Å². The molecule has 1 fully saturated rings. The van der Waals surface area contributed by atoms with Crippen molar-refractivity contribution < 1.29 is 27.1 Å². The van der Waals surface area contributed by atoms with Gasteiger partial charge in [0.1, 0.15) is 11.9 Å². The predicted molar refractivity (Wildman–Crippen MR) is 71.8 cm³/mol. The summed E-state index contributed by atoms with van der Waals surface area (Å²) >= 11 is 0. The lowest BCUT2D eigenvalue weighted by Gasteiger charge is -2.22. The van der Waals surface area contributed by atoms with Crippen LogP contribution in [0.3, 0.4) is 0 Å². The molecule has 1 saturated heterocycles. The molecule has 0 amide bonds. The number of sulfonamides is 1. The summed E-state index contributed by atoms with van der Waals surface area (Å²) in [5, 5.41) is 5.01. The van der Waals surface area contributed by atoms with Crippen LogP contribution in [0.5, 0.6) is 0 Å². The van der Waals surface area contributed by atoms with Crippen molar-refractivity contribution in [3.8, 4) is 0 Å². The summed E-state index contributed by atoms with van der Waals surface area (Å²) in [6.45, 7) is 2.29. The Labute approximate surface area is 122 Å². The number of hydrogen-bond donors (Lipinski definition) is 1. The van der Waals surface area contributed by atoms with Crippen LogP contribution in [0.2, 0.25) is 0 Å². The van der Waals surface area contributed by atoms with Crippen molar-refractivity contribution in [2.24, 2.45) is 5.14 Å². The number of carbonyl (C=O) groups is 1. The predicted octanol–water partition coefficient (Wildman–Crippen LogP) is 1.12. The minimum absolute atomic E-state index is 0.0143. The molecule has 0 atom stereocenters. The van der Waals surface area contributed by atoms with E-state index in [-0.39, 0.29) is 16.6 Å². The molecule has 6 nitrogen and oxygen atoms in total. The summed E-state index contributed by atoms with van der Waals surface area (Å²) in [6.07, 6.45) is 0.701. The lowest BCUT2D eigenvalue weighted by molar-refractivity contribution is -0.0162. The summed E-state index contributed by atoms with van der Waals surface area (Å²) in [4.78, 5) is 11.7. The zero-order valence-corrected chi connectivity index (χ0v) is 12.3. The molecule has 8 heteroatoms. The van der Waals surface area contributed by atoms with Gasteiger partial charge in [0.25, 0.3) is 0 Å². The molecule has 1 aliphatic rings. The normalized spacial score (nSPS) is 16.7. The first kappa shape index (κ1) is 15.9. The van der Waals surface area contributed by atoms with E-state index in [0.717, 1.165) is 12.1 Å². The molecule has 116 valence electrons. The molecule has 0 bridgehead atoms. The molecular weight excluding hydrogens is 301 g/mol. The third-order valence-corrected chi connectivity index (χ3v) is 4.11. The molecule has 0 unspecified atom stereocenters. The average molecular weight is 317 g/mol. The van der Waals surface area contributed by atoms with Crippen molar-refractivity contribution in [2.45, 2.75) is 30.8 Å². The monoisotopic (exact) mass is 317 g/mol. The standard InChI is InChI=1S/C13H16FNO5S/c1-8-6-10(21(15,17)18)7-11(12(8)14)13(16)20-9-2-4-19-5-3-9/h6-7,9H,2-5H2,1H3,(H2,15,17,18). The molecule has 0 aliphatic carbocycles. The first-order chi connectivity index (χ1) is 9.79. The minimum atomic E-state index is -4.03. The highest BCUT2D eigenvalue weighted by molar-refractivity contribution is 7.89. The van der Waals surface area contributed by atoms with E-state index in [4.69, 9.17) is 14.6 Å². The second-order valence-corrected chi connectivity index (χ2v) is 6.43. The van der Waals surface area contributed by atoms with E-state index in [1.807, 2.05) is 0 Å². The van der Waals surface area contributed by atoms with Crippen molar-refractivity contribution in [1.29, 1.82) is 0 Å². The number of rotatable bonds is 3. The summed E-state index contributed by atoms with van der Waals surface area (Å²) in [5.74, 6) is -1.70. The van der Waals surface area contributed by atoms with E-state index in [9.17, 15) is 17.6 Å². The molecule has 1 heterocycles. The highest BCUT2D eigenvalue weighted by Crippen LogP contribution is 2.21. The van der Waals surface area contributed by atoms with Crippen LogP contribution in [0.25, 0.3) is 0 Å². The minimum Gasteiger partial charge on any atom is -0.459 e. The van der Waals surface area contributed by atoms with Crippen LogP contribution in [0.4, 0.5) is 4.39 Å². The van der Waals surface area contributed by atoms with E-state index in [0.29, 0.717) is 26.1 Å². The number of nitrogens with two attached hydrogens (primary N) is 1. The summed E-state index contributed by atoms with van der Waals surface area (Å²) < 4.78 is 47.0. The molecule has 0 saturated carbocycles. The number of benzene rings is 1. The molecule has 0 aromatic heterocycles. The Bertz CT molecular complexity index is 653. The maximum absolute atomic E-state index is 14.0. The van der Waals surface area contributed by atoms with Crippen LogP contribution in [-0.4, -0.2) is 33.7 Å². The van der Waals surface area contributed by atoms with Gasteiger partial charge in [0, 0.05) is 12.8 Å². The van der Waals surface area contributed by atoms with Gasteiger partial charge < -0.3 is 9.47 Å². The fraction of sp³-hybridized carbons (Fsp3) is 0.462. The Kier molecular flexibility index (Phi) is 4.60. The van der Waals surface area contributed by atoms with E-state index >= 15 is 0 Å². The number of aryl methyl sites for hydroxylation is 1. The molecule has 2 rings (SSSR count). The number of primary sulfonamides is 1. The molecule has 0 radical (unpaired) electrons. The van der Waals surface area contributed by atoms with Gasteiger partial charge in [-0.25, -0.2) is 22.7 Å². The quantitative estimate of drug-likeness (QED) is 0.843. The summed E-state index contributed by atoms with van der Waals surface area (Å²) in [7, 11) is -4.03. The first-order valence-electron chi connectivity index (χ1n) is 6.40. The van der Waals surface area contributed by atoms with Crippen LogP contribution in [-0.2, 0) is 19.5 Å². The Balaban J connectivity index is 2.29. The Morgan fingerprint density at radius 2 is 2.00 bits per heavy atom. The number of carbonyl (C=O) groups excluding carboxylic acids is 1.